The van der Waals surface area contributed by atoms with E-state index < -0.39 is 0 Å². The van der Waals surface area contributed by atoms with Gasteiger partial charge in [-0.2, -0.15) is 16.3 Å². The number of carbonyl (C=O) groups is 1. The number of amides is 1. The predicted octanol–water partition coefficient (Wildman–Crippen LogP) is 3.90. The second kappa shape index (κ2) is 7.46. The van der Waals surface area contributed by atoms with Gasteiger partial charge in [0.2, 0.25) is 17.6 Å². The van der Waals surface area contributed by atoms with Crippen LogP contribution in [-0.4, -0.2) is 29.3 Å². The first-order valence-corrected chi connectivity index (χ1v) is 9.67. The van der Waals surface area contributed by atoms with Crippen LogP contribution in [0.2, 0.25) is 0 Å². The van der Waals surface area contributed by atoms with Crippen LogP contribution in [0.25, 0.3) is 11.4 Å². The van der Waals surface area contributed by atoms with E-state index in [2.05, 4.69) is 31.4 Å². The number of aryl methyl sites for hydroxylation is 1. The molecule has 1 aromatic carbocycles. The van der Waals surface area contributed by atoms with Gasteiger partial charge < -0.3 is 19.3 Å². The molecule has 4 rings (SSSR count). The number of aromatic nitrogens is 2. The van der Waals surface area contributed by atoms with E-state index in [9.17, 15) is 4.79 Å². The van der Waals surface area contributed by atoms with Gasteiger partial charge in [-0.1, -0.05) is 5.16 Å². The molecule has 1 aliphatic heterocycles. The van der Waals surface area contributed by atoms with E-state index >= 15 is 0 Å². The summed E-state index contributed by atoms with van der Waals surface area (Å²) in [5.74, 6) is 2.09. The van der Waals surface area contributed by atoms with Gasteiger partial charge in [0.15, 0.2) is 11.5 Å². The Balaban J connectivity index is 1.37. The van der Waals surface area contributed by atoms with E-state index in [1.54, 1.807) is 23.5 Å². The maximum atomic E-state index is 12.2. The molecule has 0 fully saturated rings. The molecular weight excluding hydrogens is 422 g/mol. The number of anilines is 1. The topological polar surface area (TPSA) is 86.5 Å². The monoisotopic (exact) mass is 435 g/mol. The molecule has 3 heterocycles. The normalized spacial score (nSPS) is 12.8. The van der Waals surface area contributed by atoms with Crippen molar-refractivity contribution in [2.24, 2.45) is 0 Å². The number of benzene rings is 1. The molecule has 26 heavy (non-hydrogen) atoms. The highest BCUT2D eigenvalue weighted by Gasteiger charge is 2.17. The summed E-state index contributed by atoms with van der Waals surface area (Å²) in [6.07, 6.45) is 0.595. The number of hydrogen-bond acceptors (Lipinski definition) is 7. The van der Waals surface area contributed by atoms with Crippen LogP contribution in [0.15, 0.2) is 38.0 Å². The van der Waals surface area contributed by atoms with E-state index in [4.69, 9.17) is 14.0 Å². The van der Waals surface area contributed by atoms with Crippen molar-refractivity contribution in [1.29, 1.82) is 0 Å². The molecule has 0 saturated carbocycles. The van der Waals surface area contributed by atoms with Crippen molar-refractivity contribution in [2.45, 2.75) is 12.8 Å². The van der Waals surface area contributed by atoms with Crippen LogP contribution in [0.5, 0.6) is 11.5 Å². The molecule has 0 radical (unpaired) electrons. The minimum Gasteiger partial charge on any atom is -0.486 e. The van der Waals surface area contributed by atoms with Crippen molar-refractivity contribution in [2.75, 3.05) is 18.5 Å². The lowest BCUT2D eigenvalue weighted by Crippen LogP contribution is -2.17. The van der Waals surface area contributed by atoms with Crippen LogP contribution in [0, 0.1) is 0 Å². The fourth-order valence-electron chi connectivity index (χ4n) is 2.46. The minimum absolute atomic E-state index is 0.155. The Bertz CT molecular complexity index is 926. The van der Waals surface area contributed by atoms with Gasteiger partial charge in [0.25, 0.3) is 0 Å². The van der Waals surface area contributed by atoms with Gasteiger partial charge in [-0.3, -0.25) is 4.79 Å². The predicted molar refractivity (Wildman–Crippen MR) is 99.7 cm³/mol. The third-order valence-corrected chi connectivity index (χ3v) is 5.06. The average Bonchev–Trinajstić information content (AvgIpc) is 3.32. The maximum Gasteiger partial charge on any atom is 0.227 e. The smallest absolute Gasteiger partial charge is 0.227 e. The van der Waals surface area contributed by atoms with Crippen molar-refractivity contribution in [3.05, 3.63) is 39.3 Å². The standard InChI is InChI=1S/C17H14BrN3O4S/c18-11-7-13-14(24-5-4-23-13)8-12(11)19-15(22)1-2-16-20-17(21-25-16)10-3-6-26-9-10/h3,6-9H,1-2,4-5H2,(H,19,22). The molecule has 0 aliphatic carbocycles. The first-order valence-electron chi connectivity index (χ1n) is 7.93. The fraction of sp³-hybridized carbons (Fsp3) is 0.235. The molecule has 2 aromatic heterocycles. The molecule has 0 saturated heterocycles. The molecule has 0 unspecified atom stereocenters. The number of hydrogen-bond donors (Lipinski definition) is 1. The van der Waals surface area contributed by atoms with Crippen LogP contribution < -0.4 is 14.8 Å². The molecule has 1 amide bonds. The summed E-state index contributed by atoms with van der Waals surface area (Å²) in [4.78, 5) is 16.6. The Hall–Kier alpha value is -2.39. The molecule has 1 aliphatic rings. The Labute approximate surface area is 161 Å². The number of carbonyl (C=O) groups excluding carboxylic acids is 1. The summed E-state index contributed by atoms with van der Waals surface area (Å²) in [7, 11) is 0. The number of nitrogens with zero attached hydrogens (tertiary/aromatic N) is 2. The molecule has 3 aromatic rings. The Kier molecular flexibility index (Phi) is 4.89. The zero-order valence-corrected chi connectivity index (χ0v) is 15.9. The SMILES string of the molecule is O=C(CCc1nc(-c2ccsc2)no1)Nc1cc2c(cc1Br)OCCO2. The van der Waals surface area contributed by atoms with Crippen molar-refractivity contribution in [1.82, 2.24) is 10.1 Å². The summed E-state index contributed by atoms with van der Waals surface area (Å²) >= 11 is 5.00. The zero-order chi connectivity index (χ0) is 17.9. The minimum atomic E-state index is -0.155. The van der Waals surface area contributed by atoms with Crippen molar-refractivity contribution >= 4 is 38.9 Å². The third kappa shape index (κ3) is 3.73. The van der Waals surface area contributed by atoms with E-state index in [1.807, 2.05) is 16.8 Å². The van der Waals surface area contributed by atoms with E-state index in [1.165, 1.54) is 0 Å². The molecule has 0 bridgehead atoms. The van der Waals surface area contributed by atoms with Crippen LogP contribution in [0.3, 0.4) is 0 Å². The largest absolute Gasteiger partial charge is 0.486 e. The van der Waals surface area contributed by atoms with Gasteiger partial charge >= 0.3 is 0 Å². The van der Waals surface area contributed by atoms with Crippen LogP contribution in [0.4, 0.5) is 5.69 Å². The summed E-state index contributed by atoms with van der Waals surface area (Å²) in [6, 6.07) is 5.46. The van der Waals surface area contributed by atoms with E-state index in [0.717, 1.165) is 10.0 Å². The second-order valence-electron chi connectivity index (χ2n) is 5.55. The fourth-order valence-corrected chi connectivity index (χ4v) is 3.51. The summed E-state index contributed by atoms with van der Waals surface area (Å²) in [5, 5.41) is 10.7. The van der Waals surface area contributed by atoms with Crippen molar-refractivity contribution < 1.29 is 18.8 Å². The highest BCUT2D eigenvalue weighted by Crippen LogP contribution is 2.38. The quantitative estimate of drug-likeness (QED) is 0.653. The first-order chi connectivity index (χ1) is 12.7. The van der Waals surface area contributed by atoms with E-state index in [-0.39, 0.29) is 12.3 Å². The lowest BCUT2D eigenvalue weighted by atomic mass is 10.2. The van der Waals surface area contributed by atoms with Gasteiger partial charge in [0.05, 0.1) is 5.69 Å². The third-order valence-electron chi connectivity index (χ3n) is 3.72. The van der Waals surface area contributed by atoms with Crippen LogP contribution in [-0.2, 0) is 11.2 Å². The first kappa shape index (κ1) is 17.0. The lowest BCUT2D eigenvalue weighted by Gasteiger charge is -2.20. The maximum absolute atomic E-state index is 12.2. The molecule has 0 atom stereocenters. The number of nitrogens with one attached hydrogen (secondary N) is 1. The number of rotatable bonds is 5. The Morgan fingerprint density at radius 2 is 2.08 bits per heavy atom. The Morgan fingerprint density at radius 1 is 1.27 bits per heavy atom. The summed E-state index contributed by atoms with van der Waals surface area (Å²) in [6.45, 7) is 1.01. The van der Waals surface area contributed by atoms with Crippen molar-refractivity contribution in [3.63, 3.8) is 0 Å². The van der Waals surface area contributed by atoms with Crippen molar-refractivity contribution in [3.8, 4) is 22.9 Å². The lowest BCUT2D eigenvalue weighted by molar-refractivity contribution is -0.116. The second-order valence-corrected chi connectivity index (χ2v) is 7.18. The molecule has 9 heteroatoms. The summed E-state index contributed by atoms with van der Waals surface area (Å²) in [5.41, 5.74) is 1.54. The summed E-state index contributed by atoms with van der Waals surface area (Å²) < 4.78 is 17.0. The molecule has 134 valence electrons. The molecular formula is C17H14BrN3O4S. The van der Waals surface area contributed by atoms with Crippen LogP contribution >= 0.6 is 27.3 Å². The molecule has 0 spiro atoms. The van der Waals surface area contributed by atoms with Crippen LogP contribution in [0.1, 0.15) is 12.3 Å². The highest BCUT2D eigenvalue weighted by molar-refractivity contribution is 9.10. The number of halogens is 1. The number of ether oxygens (including phenoxy) is 2. The average molecular weight is 436 g/mol. The zero-order valence-electron chi connectivity index (χ0n) is 13.5. The van der Waals surface area contributed by atoms with Gasteiger partial charge in [-0.15, -0.1) is 0 Å². The van der Waals surface area contributed by atoms with Gasteiger partial charge in [-0.05, 0) is 27.4 Å². The molecule has 1 N–H and O–H groups in total. The number of fused-ring (bicyclic) bond motifs is 1. The highest BCUT2D eigenvalue weighted by atomic mass is 79.9. The van der Waals surface area contributed by atoms with Gasteiger partial charge in [-0.25, -0.2) is 0 Å². The molecule has 7 nitrogen and oxygen atoms in total. The number of thiophene rings is 1. The van der Waals surface area contributed by atoms with E-state index in [0.29, 0.717) is 48.5 Å². The Morgan fingerprint density at radius 3 is 2.85 bits per heavy atom. The van der Waals surface area contributed by atoms with Gasteiger partial charge in [0, 0.05) is 40.4 Å². The van der Waals surface area contributed by atoms with Gasteiger partial charge in [0.1, 0.15) is 13.2 Å².